The molecule has 1 N–H and O–H groups in total. The van der Waals surface area contributed by atoms with Crippen LogP contribution >= 0.6 is 0 Å². The molecule has 1 fully saturated rings. The van der Waals surface area contributed by atoms with Crippen LogP contribution in [0.1, 0.15) is 42.6 Å². The molecule has 1 atom stereocenters. The number of hydrogen-bond acceptors (Lipinski definition) is 4. The molecule has 0 spiro atoms. The van der Waals surface area contributed by atoms with Crippen LogP contribution in [0.15, 0.2) is 36.8 Å². The molecule has 5 nitrogen and oxygen atoms in total. The molecule has 1 aliphatic rings. The first-order valence-electron chi connectivity index (χ1n) is 8.90. The molecule has 1 saturated heterocycles. The van der Waals surface area contributed by atoms with Crippen LogP contribution in [0.4, 0.5) is 0 Å². The van der Waals surface area contributed by atoms with Crippen LogP contribution < -0.4 is 0 Å². The molecule has 25 heavy (non-hydrogen) atoms. The number of nitrogens with zero attached hydrogens (tertiary/aromatic N) is 3. The van der Waals surface area contributed by atoms with Gasteiger partial charge in [0.05, 0.1) is 11.3 Å². The molecule has 1 aliphatic heterocycles. The van der Waals surface area contributed by atoms with E-state index in [2.05, 4.69) is 40.8 Å². The number of pyridine rings is 2. The van der Waals surface area contributed by atoms with Gasteiger partial charge in [-0.3, -0.25) is 9.97 Å². The number of carboxylic acid groups (broad SMARTS) is 1. The Morgan fingerprint density at radius 3 is 2.96 bits per heavy atom. The molecule has 0 amide bonds. The average molecular weight is 339 g/mol. The number of carbonyl (C=O) groups is 1. The molecule has 0 bridgehead atoms. The summed E-state index contributed by atoms with van der Waals surface area (Å²) < 4.78 is 0. The number of aromatic nitrogens is 2. The number of piperidine rings is 1. The van der Waals surface area contributed by atoms with E-state index in [0.29, 0.717) is 12.0 Å². The van der Waals surface area contributed by atoms with E-state index in [1.165, 1.54) is 31.1 Å². The van der Waals surface area contributed by atoms with Gasteiger partial charge in [-0.15, -0.1) is 0 Å². The highest BCUT2D eigenvalue weighted by Crippen LogP contribution is 2.24. The summed E-state index contributed by atoms with van der Waals surface area (Å²) >= 11 is 0. The minimum Gasteiger partial charge on any atom is -0.478 e. The molecule has 0 aromatic carbocycles. The zero-order valence-corrected chi connectivity index (χ0v) is 14.9. The van der Waals surface area contributed by atoms with Gasteiger partial charge in [0.15, 0.2) is 0 Å². The second-order valence-electron chi connectivity index (χ2n) is 7.12. The third kappa shape index (κ3) is 4.42. The molecule has 2 aromatic rings. The van der Waals surface area contributed by atoms with E-state index >= 15 is 0 Å². The molecular weight excluding hydrogens is 314 g/mol. The highest BCUT2D eigenvalue weighted by molar-refractivity contribution is 5.88. The largest absolute Gasteiger partial charge is 0.478 e. The van der Waals surface area contributed by atoms with Gasteiger partial charge in [0.2, 0.25) is 0 Å². The molecule has 0 aliphatic carbocycles. The summed E-state index contributed by atoms with van der Waals surface area (Å²) in [6.45, 7) is 6.86. The van der Waals surface area contributed by atoms with Crippen molar-refractivity contribution < 1.29 is 9.90 Å². The summed E-state index contributed by atoms with van der Waals surface area (Å²) in [7, 11) is 0. The highest BCUT2D eigenvalue weighted by Gasteiger charge is 2.22. The third-order valence-electron chi connectivity index (χ3n) is 4.91. The van der Waals surface area contributed by atoms with E-state index < -0.39 is 5.97 Å². The van der Waals surface area contributed by atoms with Gasteiger partial charge in [-0.1, -0.05) is 0 Å². The van der Waals surface area contributed by atoms with Crippen molar-refractivity contribution in [2.45, 2.75) is 39.2 Å². The van der Waals surface area contributed by atoms with Gasteiger partial charge >= 0.3 is 5.97 Å². The number of likely N-dealkylation sites (tertiary alicyclic amines) is 1. The van der Waals surface area contributed by atoms with E-state index in [4.69, 9.17) is 5.11 Å². The van der Waals surface area contributed by atoms with Gasteiger partial charge in [-0.2, -0.15) is 0 Å². The number of aromatic carboxylic acids is 1. The van der Waals surface area contributed by atoms with Crippen LogP contribution in [0, 0.1) is 5.92 Å². The predicted molar refractivity (Wildman–Crippen MR) is 97.6 cm³/mol. The summed E-state index contributed by atoms with van der Waals surface area (Å²) in [5.41, 5.74) is 2.96. The van der Waals surface area contributed by atoms with E-state index in [1.807, 2.05) is 0 Å². The topological polar surface area (TPSA) is 66.3 Å². The quantitative estimate of drug-likeness (QED) is 0.903. The van der Waals surface area contributed by atoms with Crippen LogP contribution in [-0.4, -0.2) is 45.1 Å². The number of carboxylic acids is 1. The standard InChI is InChI=1S/C20H25N3O2/c1-14(2)23-7-3-4-16(13-23)8-15-5-6-22-19(9-15)17-10-18(20(24)25)12-21-11-17/h5-6,9-12,14,16H,3-4,7-8,13H2,1-2H3,(H,24,25). The van der Waals surface area contributed by atoms with Gasteiger partial charge in [0.25, 0.3) is 0 Å². The first kappa shape index (κ1) is 17.5. The van der Waals surface area contributed by atoms with Crippen molar-refractivity contribution in [2.75, 3.05) is 13.1 Å². The summed E-state index contributed by atoms with van der Waals surface area (Å²) in [6, 6.07) is 6.35. The SMILES string of the molecule is CC(C)N1CCCC(Cc2ccnc(-c3cncc(C(=O)O)c3)c2)C1. The Balaban J connectivity index is 1.75. The van der Waals surface area contributed by atoms with E-state index in [9.17, 15) is 4.79 Å². The Kier molecular flexibility index (Phi) is 5.43. The summed E-state index contributed by atoms with van der Waals surface area (Å²) in [5.74, 6) is -0.309. The summed E-state index contributed by atoms with van der Waals surface area (Å²) in [6.07, 6.45) is 8.38. The van der Waals surface area contributed by atoms with Crippen molar-refractivity contribution in [1.82, 2.24) is 14.9 Å². The molecule has 0 radical (unpaired) electrons. The first-order chi connectivity index (χ1) is 12.0. The Labute approximate surface area is 148 Å². The van der Waals surface area contributed by atoms with Gasteiger partial charge in [0.1, 0.15) is 0 Å². The van der Waals surface area contributed by atoms with Gasteiger partial charge in [-0.05, 0) is 69.3 Å². The number of rotatable bonds is 5. The second kappa shape index (κ2) is 7.74. The van der Waals surface area contributed by atoms with Crippen molar-refractivity contribution >= 4 is 5.97 Å². The van der Waals surface area contributed by atoms with Crippen molar-refractivity contribution in [2.24, 2.45) is 5.92 Å². The van der Waals surface area contributed by atoms with Crippen molar-refractivity contribution in [3.05, 3.63) is 47.9 Å². The molecule has 2 aromatic heterocycles. The van der Waals surface area contributed by atoms with Crippen LogP contribution in [-0.2, 0) is 6.42 Å². The molecule has 1 unspecified atom stereocenters. The maximum absolute atomic E-state index is 11.1. The summed E-state index contributed by atoms with van der Waals surface area (Å²) in [5, 5.41) is 9.13. The fourth-order valence-electron chi connectivity index (χ4n) is 3.52. The fourth-order valence-corrected chi connectivity index (χ4v) is 3.52. The minimum absolute atomic E-state index is 0.185. The Morgan fingerprint density at radius 2 is 2.20 bits per heavy atom. The summed E-state index contributed by atoms with van der Waals surface area (Å²) in [4.78, 5) is 22.1. The normalized spacial score (nSPS) is 18.4. The van der Waals surface area contributed by atoms with E-state index in [0.717, 1.165) is 24.2 Å². The number of hydrogen-bond donors (Lipinski definition) is 1. The molecule has 5 heteroatoms. The monoisotopic (exact) mass is 339 g/mol. The van der Waals surface area contributed by atoms with Crippen LogP contribution in [0.3, 0.4) is 0 Å². The van der Waals surface area contributed by atoms with E-state index in [1.54, 1.807) is 18.5 Å². The lowest BCUT2D eigenvalue weighted by atomic mass is 9.90. The van der Waals surface area contributed by atoms with Crippen molar-refractivity contribution in [3.63, 3.8) is 0 Å². The van der Waals surface area contributed by atoms with Crippen molar-refractivity contribution in [1.29, 1.82) is 0 Å². The van der Waals surface area contributed by atoms with E-state index in [-0.39, 0.29) is 5.56 Å². The zero-order chi connectivity index (χ0) is 17.8. The lowest BCUT2D eigenvalue weighted by molar-refractivity contribution is 0.0696. The maximum Gasteiger partial charge on any atom is 0.337 e. The Bertz CT molecular complexity index is 745. The molecular formula is C20H25N3O2. The first-order valence-corrected chi connectivity index (χ1v) is 8.90. The van der Waals surface area contributed by atoms with Gasteiger partial charge < -0.3 is 10.0 Å². The molecule has 3 rings (SSSR count). The third-order valence-corrected chi connectivity index (χ3v) is 4.91. The van der Waals surface area contributed by atoms with Crippen LogP contribution in [0.2, 0.25) is 0 Å². The smallest absolute Gasteiger partial charge is 0.337 e. The zero-order valence-electron chi connectivity index (χ0n) is 14.9. The lowest BCUT2D eigenvalue weighted by Gasteiger charge is -2.35. The highest BCUT2D eigenvalue weighted by atomic mass is 16.4. The lowest BCUT2D eigenvalue weighted by Crippen LogP contribution is -2.40. The fraction of sp³-hybridized carbons (Fsp3) is 0.450. The maximum atomic E-state index is 11.1. The van der Waals surface area contributed by atoms with Crippen LogP contribution in [0.25, 0.3) is 11.3 Å². The Hall–Kier alpha value is -2.27. The molecule has 3 heterocycles. The molecule has 0 saturated carbocycles. The molecule has 132 valence electrons. The van der Waals surface area contributed by atoms with Crippen LogP contribution in [0.5, 0.6) is 0 Å². The average Bonchev–Trinajstić information content (AvgIpc) is 2.62. The predicted octanol–water partition coefficient (Wildman–Crippen LogP) is 3.50. The Morgan fingerprint density at radius 1 is 1.36 bits per heavy atom. The van der Waals surface area contributed by atoms with Gasteiger partial charge in [-0.25, -0.2) is 4.79 Å². The minimum atomic E-state index is -0.971. The van der Waals surface area contributed by atoms with Gasteiger partial charge in [0, 0.05) is 36.7 Å². The second-order valence-corrected chi connectivity index (χ2v) is 7.12. The van der Waals surface area contributed by atoms with Crippen molar-refractivity contribution in [3.8, 4) is 11.3 Å².